The Morgan fingerprint density at radius 3 is 2.82 bits per heavy atom. The summed E-state index contributed by atoms with van der Waals surface area (Å²) in [6.45, 7) is 3.76. The molecule has 0 fully saturated rings. The molecule has 0 aliphatic heterocycles. The Labute approximate surface area is 95.6 Å². The van der Waals surface area contributed by atoms with E-state index in [9.17, 15) is 9.59 Å². The first kappa shape index (κ1) is 11.3. The minimum Gasteiger partial charge on any atom is -0.476 e. The van der Waals surface area contributed by atoms with Crippen LogP contribution in [0.5, 0.6) is 0 Å². The summed E-state index contributed by atoms with van der Waals surface area (Å²) in [5.74, 6) is -0.920. The number of hydrogen-bond acceptors (Lipinski definition) is 5. The molecular formula is C10H11N3O4. The van der Waals surface area contributed by atoms with Crippen molar-refractivity contribution in [3.05, 3.63) is 21.8 Å². The molecule has 17 heavy (non-hydrogen) atoms. The first-order valence-corrected chi connectivity index (χ1v) is 5.16. The first-order valence-electron chi connectivity index (χ1n) is 5.16. The third kappa shape index (κ3) is 1.69. The van der Waals surface area contributed by atoms with Gasteiger partial charge < -0.3 is 9.63 Å². The quantitative estimate of drug-likeness (QED) is 0.847. The van der Waals surface area contributed by atoms with Gasteiger partial charge in [0.15, 0.2) is 11.2 Å². The summed E-state index contributed by atoms with van der Waals surface area (Å²) in [5.41, 5.74) is -0.612. The maximum absolute atomic E-state index is 11.9. The number of aromatic carboxylic acids is 1. The third-order valence-electron chi connectivity index (χ3n) is 2.40. The standard InChI is InChI=1S/C10H11N3O4/c1-3-4-13-9(14)7-6(5(2)17-12-7)8(11-13)10(15)16/h3-4H2,1-2H3,(H,15,16). The third-order valence-corrected chi connectivity index (χ3v) is 2.40. The van der Waals surface area contributed by atoms with Crippen LogP contribution >= 0.6 is 0 Å². The molecule has 0 spiro atoms. The van der Waals surface area contributed by atoms with Crippen LogP contribution in [0.4, 0.5) is 0 Å². The van der Waals surface area contributed by atoms with Crippen LogP contribution in [0, 0.1) is 6.92 Å². The van der Waals surface area contributed by atoms with Crippen LogP contribution in [0.15, 0.2) is 9.32 Å². The van der Waals surface area contributed by atoms with Crippen LogP contribution < -0.4 is 5.56 Å². The van der Waals surface area contributed by atoms with E-state index in [1.807, 2.05) is 6.92 Å². The Kier molecular flexibility index (Phi) is 2.66. The molecule has 0 saturated carbocycles. The highest BCUT2D eigenvalue weighted by Crippen LogP contribution is 2.17. The largest absolute Gasteiger partial charge is 0.476 e. The highest BCUT2D eigenvalue weighted by atomic mass is 16.5. The highest BCUT2D eigenvalue weighted by Gasteiger charge is 2.21. The summed E-state index contributed by atoms with van der Waals surface area (Å²) < 4.78 is 5.96. The topological polar surface area (TPSA) is 98.2 Å². The lowest BCUT2D eigenvalue weighted by molar-refractivity contribution is 0.0689. The van der Waals surface area contributed by atoms with E-state index >= 15 is 0 Å². The van der Waals surface area contributed by atoms with Crippen LogP contribution in [0.1, 0.15) is 29.6 Å². The predicted octanol–water partition coefficient (Wildman–Crippen LogP) is 0.801. The Bertz CT molecular complexity index is 641. The molecule has 0 atom stereocenters. The number of carboxylic acids is 1. The molecule has 0 radical (unpaired) electrons. The molecule has 7 nitrogen and oxygen atoms in total. The van der Waals surface area contributed by atoms with Crippen molar-refractivity contribution in [1.29, 1.82) is 0 Å². The second kappa shape index (κ2) is 4.00. The Morgan fingerprint density at radius 1 is 1.53 bits per heavy atom. The van der Waals surface area contributed by atoms with Crippen molar-refractivity contribution in [3.8, 4) is 0 Å². The van der Waals surface area contributed by atoms with E-state index in [4.69, 9.17) is 9.63 Å². The maximum Gasteiger partial charge on any atom is 0.357 e. The van der Waals surface area contributed by atoms with Gasteiger partial charge in [-0.25, -0.2) is 9.48 Å². The van der Waals surface area contributed by atoms with Gasteiger partial charge in [0.1, 0.15) is 5.76 Å². The van der Waals surface area contributed by atoms with Gasteiger partial charge in [-0.05, 0) is 13.3 Å². The predicted molar refractivity (Wildman–Crippen MR) is 58.1 cm³/mol. The van der Waals surface area contributed by atoms with Gasteiger partial charge in [0.05, 0.1) is 5.39 Å². The second-order valence-electron chi connectivity index (χ2n) is 3.64. The fourth-order valence-electron chi connectivity index (χ4n) is 1.65. The van der Waals surface area contributed by atoms with E-state index in [-0.39, 0.29) is 22.4 Å². The zero-order valence-electron chi connectivity index (χ0n) is 9.43. The normalized spacial score (nSPS) is 10.9. The fourth-order valence-corrected chi connectivity index (χ4v) is 1.65. The average molecular weight is 237 g/mol. The minimum atomic E-state index is -1.20. The van der Waals surface area contributed by atoms with Crippen molar-refractivity contribution in [1.82, 2.24) is 14.9 Å². The Hall–Kier alpha value is -2.18. The van der Waals surface area contributed by atoms with Crippen molar-refractivity contribution >= 4 is 16.9 Å². The molecule has 0 saturated heterocycles. The van der Waals surface area contributed by atoms with Gasteiger partial charge in [0.25, 0.3) is 5.56 Å². The monoisotopic (exact) mass is 237 g/mol. The van der Waals surface area contributed by atoms with Crippen molar-refractivity contribution in [3.63, 3.8) is 0 Å². The van der Waals surface area contributed by atoms with Gasteiger partial charge >= 0.3 is 5.97 Å². The highest BCUT2D eigenvalue weighted by molar-refractivity contribution is 6.00. The summed E-state index contributed by atoms with van der Waals surface area (Å²) in [6.07, 6.45) is 0.675. The number of fused-ring (bicyclic) bond motifs is 1. The number of carbonyl (C=O) groups is 1. The molecule has 2 heterocycles. The number of nitrogens with zero attached hydrogens (tertiary/aromatic N) is 3. The smallest absolute Gasteiger partial charge is 0.357 e. The molecular weight excluding hydrogens is 226 g/mol. The molecule has 7 heteroatoms. The number of aryl methyl sites for hydroxylation is 2. The van der Waals surface area contributed by atoms with Crippen molar-refractivity contribution < 1.29 is 14.4 Å². The first-order chi connectivity index (χ1) is 8.06. The van der Waals surface area contributed by atoms with Crippen LogP contribution in [0.3, 0.4) is 0 Å². The summed E-state index contributed by atoms with van der Waals surface area (Å²) in [5, 5.41) is 16.7. The van der Waals surface area contributed by atoms with Gasteiger partial charge in [-0.1, -0.05) is 12.1 Å². The lowest BCUT2D eigenvalue weighted by atomic mass is 10.2. The van der Waals surface area contributed by atoms with E-state index in [0.717, 1.165) is 4.68 Å². The molecule has 0 unspecified atom stereocenters. The fraction of sp³-hybridized carbons (Fsp3) is 0.400. The lowest BCUT2D eigenvalue weighted by Gasteiger charge is -2.03. The zero-order chi connectivity index (χ0) is 12.6. The minimum absolute atomic E-state index is 0.0170. The molecule has 0 aliphatic rings. The Morgan fingerprint density at radius 2 is 2.24 bits per heavy atom. The van der Waals surface area contributed by atoms with Crippen LogP contribution in [0.25, 0.3) is 10.9 Å². The number of aromatic nitrogens is 3. The van der Waals surface area contributed by atoms with Crippen molar-refractivity contribution in [2.24, 2.45) is 0 Å². The summed E-state index contributed by atoms with van der Waals surface area (Å²) in [6, 6.07) is 0. The Balaban J connectivity index is 2.86. The number of hydrogen-bond donors (Lipinski definition) is 1. The molecule has 1 N–H and O–H groups in total. The maximum atomic E-state index is 11.9. The molecule has 2 rings (SSSR count). The summed E-state index contributed by atoms with van der Waals surface area (Å²) in [4.78, 5) is 23.0. The molecule has 2 aromatic rings. The lowest BCUT2D eigenvalue weighted by Crippen LogP contribution is -2.26. The van der Waals surface area contributed by atoms with E-state index in [2.05, 4.69) is 10.3 Å². The molecule has 0 aliphatic carbocycles. The van der Waals surface area contributed by atoms with E-state index in [1.54, 1.807) is 6.92 Å². The van der Waals surface area contributed by atoms with Crippen LogP contribution in [-0.2, 0) is 6.54 Å². The average Bonchev–Trinajstić information content (AvgIpc) is 2.65. The summed E-state index contributed by atoms with van der Waals surface area (Å²) >= 11 is 0. The SMILES string of the molecule is CCCn1nc(C(=O)O)c2c(C)onc2c1=O. The van der Waals surface area contributed by atoms with Gasteiger partial charge in [-0.15, -0.1) is 0 Å². The van der Waals surface area contributed by atoms with E-state index in [0.29, 0.717) is 13.0 Å². The number of carboxylic acid groups (broad SMARTS) is 1. The van der Waals surface area contributed by atoms with Crippen LogP contribution in [-0.4, -0.2) is 26.0 Å². The summed E-state index contributed by atoms with van der Waals surface area (Å²) in [7, 11) is 0. The molecule has 0 amide bonds. The molecule has 0 bridgehead atoms. The van der Waals surface area contributed by atoms with Crippen LogP contribution in [0.2, 0.25) is 0 Å². The van der Waals surface area contributed by atoms with Gasteiger partial charge in [0.2, 0.25) is 0 Å². The van der Waals surface area contributed by atoms with Crippen molar-refractivity contribution in [2.75, 3.05) is 0 Å². The van der Waals surface area contributed by atoms with Crippen molar-refractivity contribution in [2.45, 2.75) is 26.8 Å². The van der Waals surface area contributed by atoms with E-state index < -0.39 is 11.5 Å². The molecule has 90 valence electrons. The van der Waals surface area contributed by atoms with E-state index in [1.165, 1.54) is 0 Å². The number of rotatable bonds is 3. The van der Waals surface area contributed by atoms with Gasteiger partial charge in [0, 0.05) is 6.54 Å². The molecule has 0 aromatic carbocycles. The van der Waals surface area contributed by atoms with Gasteiger partial charge in [-0.2, -0.15) is 5.10 Å². The van der Waals surface area contributed by atoms with Gasteiger partial charge in [-0.3, -0.25) is 4.79 Å². The zero-order valence-corrected chi connectivity index (χ0v) is 9.43. The second-order valence-corrected chi connectivity index (χ2v) is 3.64. The molecule has 2 aromatic heterocycles.